The zero-order chi connectivity index (χ0) is 12.0. The van der Waals surface area contributed by atoms with Crippen molar-refractivity contribution in [2.45, 2.75) is 19.8 Å². The molecule has 0 spiro atoms. The molecule has 86 valence electrons. The summed E-state index contributed by atoms with van der Waals surface area (Å²) in [5, 5.41) is 9.43. The smallest absolute Gasteiger partial charge is 0.118 e. The Hall–Kier alpha value is -1.57. The average molecular weight is 220 g/mol. The third kappa shape index (κ3) is 3.23. The van der Waals surface area contributed by atoms with E-state index in [1.807, 2.05) is 25.1 Å². The summed E-state index contributed by atoms with van der Waals surface area (Å²) >= 11 is 0. The van der Waals surface area contributed by atoms with Gasteiger partial charge in [-0.05, 0) is 48.6 Å². The molecule has 1 aromatic carbocycles. The number of alkyl halides is 1. The van der Waals surface area contributed by atoms with Crippen LogP contribution in [0.5, 0.6) is 5.75 Å². The molecule has 0 bridgehead atoms. The molecular formula is C14H17FO. The maximum atomic E-state index is 12.2. The van der Waals surface area contributed by atoms with Gasteiger partial charge in [0, 0.05) is 0 Å². The van der Waals surface area contributed by atoms with Crippen LogP contribution < -0.4 is 0 Å². The van der Waals surface area contributed by atoms with Gasteiger partial charge in [-0.2, -0.15) is 0 Å². The molecule has 16 heavy (non-hydrogen) atoms. The van der Waals surface area contributed by atoms with Crippen LogP contribution in [0.4, 0.5) is 4.39 Å². The molecular weight excluding hydrogens is 203 g/mol. The number of benzene rings is 1. The summed E-state index contributed by atoms with van der Waals surface area (Å²) < 4.78 is 12.2. The van der Waals surface area contributed by atoms with E-state index in [0.717, 1.165) is 16.7 Å². The quantitative estimate of drug-likeness (QED) is 0.743. The monoisotopic (exact) mass is 220 g/mol. The molecule has 0 amide bonds. The summed E-state index contributed by atoms with van der Waals surface area (Å²) in [6.07, 6.45) is 4.80. The summed E-state index contributed by atoms with van der Waals surface area (Å²) in [5.74, 6) is 0.284. The first-order valence-corrected chi connectivity index (χ1v) is 5.36. The Bertz CT molecular complexity index is 394. The van der Waals surface area contributed by atoms with Crippen LogP contribution in [0.1, 0.15) is 24.0 Å². The van der Waals surface area contributed by atoms with Gasteiger partial charge in [-0.1, -0.05) is 24.8 Å². The fraction of sp³-hybridized carbons (Fsp3) is 0.286. The number of hydrogen-bond acceptors (Lipinski definition) is 1. The lowest BCUT2D eigenvalue weighted by atomic mass is 9.99. The van der Waals surface area contributed by atoms with Crippen molar-refractivity contribution in [1.82, 2.24) is 0 Å². The SMILES string of the molecule is C=C/C=C(\CCCF)c1ccc(O)c(C)c1. The standard InChI is InChI=1S/C14H17FO/c1-3-5-12(6-4-9-15)13-7-8-14(16)11(2)10-13/h3,5,7-8,10,16H,1,4,6,9H2,2H3/b12-5+. The molecule has 0 aliphatic rings. The van der Waals surface area contributed by atoms with Crippen molar-refractivity contribution in [2.75, 3.05) is 6.67 Å². The summed E-state index contributed by atoms with van der Waals surface area (Å²) in [6, 6.07) is 5.41. The molecule has 0 saturated heterocycles. The van der Waals surface area contributed by atoms with Crippen molar-refractivity contribution in [3.05, 3.63) is 48.1 Å². The predicted octanol–water partition coefficient (Wildman–Crippen LogP) is 4.02. The van der Waals surface area contributed by atoms with Crippen molar-refractivity contribution in [1.29, 1.82) is 0 Å². The highest BCUT2D eigenvalue weighted by molar-refractivity contribution is 5.68. The normalized spacial score (nSPS) is 11.5. The Morgan fingerprint density at radius 3 is 2.81 bits per heavy atom. The Morgan fingerprint density at radius 2 is 2.25 bits per heavy atom. The molecule has 0 radical (unpaired) electrons. The fourth-order valence-electron chi connectivity index (χ4n) is 1.58. The Morgan fingerprint density at radius 1 is 1.50 bits per heavy atom. The molecule has 1 nitrogen and oxygen atoms in total. The van der Waals surface area contributed by atoms with Crippen LogP contribution in [-0.4, -0.2) is 11.8 Å². The summed E-state index contributed by atoms with van der Waals surface area (Å²) in [7, 11) is 0. The van der Waals surface area contributed by atoms with E-state index in [4.69, 9.17) is 0 Å². The maximum absolute atomic E-state index is 12.2. The van der Waals surface area contributed by atoms with E-state index in [2.05, 4.69) is 6.58 Å². The summed E-state index contributed by atoms with van der Waals surface area (Å²) in [5.41, 5.74) is 2.90. The molecule has 0 fully saturated rings. The van der Waals surface area contributed by atoms with E-state index in [-0.39, 0.29) is 12.4 Å². The van der Waals surface area contributed by atoms with Gasteiger partial charge in [-0.15, -0.1) is 0 Å². The number of halogens is 1. The third-order valence-corrected chi connectivity index (χ3v) is 2.47. The number of phenols is 1. The lowest BCUT2D eigenvalue weighted by molar-refractivity contribution is 0.470. The van der Waals surface area contributed by atoms with Crippen molar-refractivity contribution >= 4 is 5.57 Å². The van der Waals surface area contributed by atoms with Gasteiger partial charge in [0.05, 0.1) is 6.67 Å². The number of aryl methyl sites for hydroxylation is 1. The van der Waals surface area contributed by atoms with Crippen LogP contribution in [-0.2, 0) is 0 Å². The molecule has 1 rings (SSSR count). The molecule has 0 aliphatic heterocycles. The molecule has 0 heterocycles. The Kier molecular flexibility index (Phi) is 4.77. The zero-order valence-corrected chi connectivity index (χ0v) is 9.54. The molecule has 2 heteroatoms. The molecule has 1 aromatic rings. The second-order valence-corrected chi connectivity index (χ2v) is 3.72. The predicted molar refractivity (Wildman–Crippen MR) is 66.2 cm³/mol. The van der Waals surface area contributed by atoms with Gasteiger partial charge in [0.25, 0.3) is 0 Å². The highest BCUT2D eigenvalue weighted by Crippen LogP contribution is 2.25. The summed E-state index contributed by atoms with van der Waals surface area (Å²) in [4.78, 5) is 0. The van der Waals surface area contributed by atoms with Gasteiger partial charge in [0.1, 0.15) is 5.75 Å². The summed E-state index contributed by atoms with van der Waals surface area (Å²) in [6.45, 7) is 5.19. The van der Waals surface area contributed by atoms with Gasteiger partial charge in [-0.3, -0.25) is 4.39 Å². The molecule has 0 atom stereocenters. The number of rotatable bonds is 5. The number of allylic oxidation sites excluding steroid dienone is 3. The first kappa shape index (κ1) is 12.5. The van der Waals surface area contributed by atoms with Crippen LogP contribution in [0.2, 0.25) is 0 Å². The number of phenolic OH excluding ortho intramolecular Hbond substituents is 1. The minimum Gasteiger partial charge on any atom is -0.508 e. The highest BCUT2D eigenvalue weighted by atomic mass is 19.1. The van der Waals surface area contributed by atoms with E-state index in [1.54, 1.807) is 12.1 Å². The maximum Gasteiger partial charge on any atom is 0.118 e. The second-order valence-electron chi connectivity index (χ2n) is 3.72. The first-order valence-electron chi connectivity index (χ1n) is 5.36. The number of aromatic hydroxyl groups is 1. The molecule has 0 unspecified atom stereocenters. The van der Waals surface area contributed by atoms with Crippen LogP contribution in [0.3, 0.4) is 0 Å². The highest BCUT2D eigenvalue weighted by Gasteiger charge is 2.03. The van der Waals surface area contributed by atoms with Gasteiger partial charge < -0.3 is 5.11 Å². The largest absolute Gasteiger partial charge is 0.508 e. The van der Waals surface area contributed by atoms with Crippen molar-refractivity contribution in [3.8, 4) is 5.75 Å². The minimum atomic E-state index is -0.314. The topological polar surface area (TPSA) is 20.2 Å². The molecule has 0 aliphatic carbocycles. The van der Waals surface area contributed by atoms with Crippen LogP contribution in [0.25, 0.3) is 5.57 Å². The van der Waals surface area contributed by atoms with Gasteiger partial charge >= 0.3 is 0 Å². The molecule has 1 N–H and O–H groups in total. The minimum absolute atomic E-state index is 0.284. The Balaban J connectivity index is 2.97. The van der Waals surface area contributed by atoms with E-state index >= 15 is 0 Å². The zero-order valence-electron chi connectivity index (χ0n) is 9.54. The van der Waals surface area contributed by atoms with Crippen LogP contribution >= 0.6 is 0 Å². The molecule has 0 saturated carbocycles. The Labute approximate surface area is 95.9 Å². The average Bonchev–Trinajstić information content (AvgIpc) is 2.28. The van der Waals surface area contributed by atoms with Gasteiger partial charge in [0.2, 0.25) is 0 Å². The van der Waals surface area contributed by atoms with Crippen LogP contribution in [0.15, 0.2) is 36.9 Å². The number of hydrogen-bond donors (Lipinski definition) is 1. The lowest BCUT2D eigenvalue weighted by Gasteiger charge is -2.08. The fourth-order valence-corrected chi connectivity index (χ4v) is 1.58. The first-order chi connectivity index (χ1) is 7.69. The van der Waals surface area contributed by atoms with E-state index < -0.39 is 0 Å². The van der Waals surface area contributed by atoms with Crippen molar-refractivity contribution in [2.24, 2.45) is 0 Å². The van der Waals surface area contributed by atoms with Gasteiger partial charge in [0.15, 0.2) is 0 Å². The lowest BCUT2D eigenvalue weighted by Crippen LogP contribution is -1.88. The van der Waals surface area contributed by atoms with Crippen molar-refractivity contribution in [3.63, 3.8) is 0 Å². The van der Waals surface area contributed by atoms with E-state index in [0.29, 0.717) is 12.8 Å². The van der Waals surface area contributed by atoms with E-state index in [9.17, 15) is 9.50 Å². The second kappa shape index (κ2) is 6.11. The van der Waals surface area contributed by atoms with Crippen LogP contribution in [0, 0.1) is 6.92 Å². The third-order valence-electron chi connectivity index (χ3n) is 2.47. The molecule has 0 aromatic heterocycles. The van der Waals surface area contributed by atoms with E-state index in [1.165, 1.54) is 0 Å². The van der Waals surface area contributed by atoms with Crippen molar-refractivity contribution < 1.29 is 9.50 Å². The van der Waals surface area contributed by atoms with Gasteiger partial charge in [-0.25, -0.2) is 0 Å².